The van der Waals surface area contributed by atoms with E-state index in [1.165, 1.54) is 12.0 Å². The molecule has 1 aliphatic carbocycles. The van der Waals surface area contributed by atoms with Crippen LogP contribution in [0.4, 0.5) is 5.69 Å². The Morgan fingerprint density at radius 3 is 2.42 bits per heavy atom. The molecule has 104 valence electrons. The van der Waals surface area contributed by atoms with E-state index < -0.39 is 5.54 Å². The van der Waals surface area contributed by atoms with Crippen LogP contribution in [0.25, 0.3) is 0 Å². The van der Waals surface area contributed by atoms with Gasteiger partial charge in [0.2, 0.25) is 5.91 Å². The molecular formula is C16H24N2O. The van der Waals surface area contributed by atoms with Gasteiger partial charge in [0.05, 0.1) is 5.54 Å². The van der Waals surface area contributed by atoms with Crippen LogP contribution >= 0.6 is 0 Å². The lowest BCUT2D eigenvalue weighted by Gasteiger charge is -2.31. The minimum Gasteiger partial charge on any atom is -0.324 e. The minimum atomic E-state index is -0.666. The van der Waals surface area contributed by atoms with Crippen molar-refractivity contribution < 1.29 is 4.79 Å². The van der Waals surface area contributed by atoms with E-state index in [0.717, 1.165) is 44.2 Å². The van der Waals surface area contributed by atoms with Crippen LogP contribution in [-0.4, -0.2) is 11.4 Å². The van der Waals surface area contributed by atoms with E-state index in [4.69, 9.17) is 5.73 Å². The van der Waals surface area contributed by atoms with Gasteiger partial charge in [0, 0.05) is 5.69 Å². The Kier molecular flexibility index (Phi) is 4.59. The highest BCUT2D eigenvalue weighted by Crippen LogP contribution is 2.27. The SMILES string of the molecule is CCCc1ccc(NC(=O)C2(N)CCCCC2)cc1. The van der Waals surface area contributed by atoms with Crippen LogP contribution in [-0.2, 0) is 11.2 Å². The van der Waals surface area contributed by atoms with Crippen LogP contribution in [0.1, 0.15) is 51.0 Å². The zero-order valence-electron chi connectivity index (χ0n) is 11.7. The second kappa shape index (κ2) is 6.20. The molecule has 0 unspecified atom stereocenters. The van der Waals surface area contributed by atoms with Crippen molar-refractivity contribution >= 4 is 11.6 Å². The Labute approximate surface area is 115 Å². The molecule has 0 spiro atoms. The standard InChI is InChI=1S/C16H24N2O/c1-2-6-13-7-9-14(10-8-13)18-15(19)16(17)11-4-3-5-12-16/h7-10H,2-6,11-12,17H2,1H3,(H,18,19). The van der Waals surface area contributed by atoms with E-state index >= 15 is 0 Å². The number of carbonyl (C=O) groups excluding carboxylic acids is 1. The molecule has 0 bridgehead atoms. The van der Waals surface area contributed by atoms with Crippen molar-refractivity contribution in [2.45, 2.75) is 57.4 Å². The quantitative estimate of drug-likeness (QED) is 0.873. The predicted octanol–water partition coefficient (Wildman–Crippen LogP) is 3.24. The molecule has 0 aromatic heterocycles. The Bertz CT molecular complexity index is 419. The van der Waals surface area contributed by atoms with Crippen molar-refractivity contribution in [3.05, 3.63) is 29.8 Å². The molecule has 1 aromatic carbocycles. The molecule has 0 atom stereocenters. The normalized spacial score (nSPS) is 18.0. The summed E-state index contributed by atoms with van der Waals surface area (Å²) in [6, 6.07) is 8.08. The first-order valence-electron chi connectivity index (χ1n) is 7.33. The molecule has 0 saturated heterocycles. The topological polar surface area (TPSA) is 55.1 Å². The van der Waals surface area contributed by atoms with Gasteiger partial charge in [0.15, 0.2) is 0 Å². The Balaban J connectivity index is 1.98. The number of hydrogen-bond donors (Lipinski definition) is 2. The number of nitrogens with two attached hydrogens (primary N) is 1. The summed E-state index contributed by atoms with van der Waals surface area (Å²) in [5.74, 6) is -0.0320. The molecule has 1 aliphatic rings. The zero-order chi connectivity index (χ0) is 13.7. The lowest BCUT2D eigenvalue weighted by molar-refractivity contribution is -0.122. The second-order valence-electron chi connectivity index (χ2n) is 5.62. The van der Waals surface area contributed by atoms with Crippen molar-refractivity contribution in [2.75, 3.05) is 5.32 Å². The number of anilines is 1. The van der Waals surface area contributed by atoms with Gasteiger partial charge in [-0.15, -0.1) is 0 Å². The summed E-state index contributed by atoms with van der Waals surface area (Å²) in [5, 5.41) is 2.96. The maximum Gasteiger partial charge on any atom is 0.244 e. The molecule has 0 aliphatic heterocycles. The summed E-state index contributed by atoms with van der Waals surface area (Å²) in [6.45, 7) is 2.16. The van der Waals surface area contributed by atoms with E-state index in [-0.39, 0.29) is 5.91 Å². The molecule has 1 amide bonds. The fourth-order valence-electron chi connectivity index (χ4n) is 2.71. The number of hydrogen-bond acceptors (Lipinski definition) is 2. The molecular weight excluding hydrogens is 236 g/mol. The summed E-state index contributed by atoms with van der Waals surface area (Å²) in [4.78, 5) is 12.3. The first-order chi connectivity index (χ1) is 9.14. The summed E-state index contributed by atoms with van der Waals surface area (Å²) in [7, 11) is 0. The third kappa shape index (κ3) is 3.57. The molecule has 19 heavy (non-hydrogen) atoms. The fraction of sp³-hybridized carbons (Fsp3) is 0.562. The van der Waals surface area contributed by atoms with E-state index in [1.54, 1.807) is 0 Å². The largest absolute Gasteiger partial charge is 0.324 e. The van der Waals surface area contributed by atoms with Crippen molar-refractivity contribution in [3.8, 4) is 0 Å². The van der Waals surface area contributed by atoms with Crippen LogP contribution in [0.2, 0.25) is 0 Å². The van der Waals surface area contributed by atoms with Crippen molar-refractivity contribution in [2.24, 2.45) is 5.73 Å². The second-order valence-corrected chi connectivity index (χ2v) is 5.62. The molecule has 0 heterocycles. The smallest absolute Gasteiger partial charge is 0.244 e. The van der Waals surface area contributed by atoms with Gasteiger partial charge in [-0.25, -0.2) is 0 Å². The fourth-order valence-corrected chi connectivity index (χ4v) is 2.71. The van der Waals surface area contributed by atoms with Crippen molar-refractivity contribution in [1.29, 1.82) is 0 Å². The van der Waals surface area contributed by atoms with Crippen molar-refractivity contribution in [3.63, 3.8) is 0 Å². The number of rotatable bonds is 4. The average Bonchev–Trinajstić information content (AvgIpc) is 2.42. The van der Waals surface area contributed by atoms with E-state index in [1.807, 2.05) is 12.1 Å². The van der Waals surface area contributed by atoms with Crippen LogP contribution in [0.5, 0.6) is 0 Å². The molecule has 3 N–H and O–H groups in total. The maximum atomic E-state index is 12.3. The monoisotopic (exact) mass is 260 g/mol. The minimum absolute atomic E-state index is 0.0320. The Hall–Kier alpha value is -1.35. The van der Waals surface area contributed by atoms with Crippen molar-refractivity contribution in [1.82, 2.24) is 0 Å². The van der Waals surface area contributed by atoms with Gasteiger partial charge in [-0.05, 0) is 37.0 Å². The summed E-state index contributed by atoms with van der Waals surface area (Å²) in [6.07, 6.45) is 7.11. The highest BCUT2D eigenvalue weighted by atomic mass is 16.2. The van der Waals surface area contributed by atoms with Gasteiger partial charge in [0.1, 0.15) is 0 Å². The average molecular weight is 260 g/mol. The molecule has 1 saturated carbocycles. The van der Waals surface area contributed by atoms with Gasteiger partial charge in [-0.3, -0.25) is 4.79 Å². The van der Waals surface area contributed by atoms with E-state index in [9.17, 15) is 4.79 Å². The lowest BCUT2D eigenvalue weighted by Crippen LogP contribution is -2.52. The van der Waals surface area contributed by atoms with Gasteiger partial charge in [-0.2, -0.15) is 0 Å². The van der Waals surface area contributed by atoms with Gasteiger partial charge in [-0.1, -0.05) is 44.7 Å². The first-order valence-corrected chi connectivity index (χ1v) is 7.33. The lowest BCUT2D eigenvalue weighted by atomic mass is 9.82. The molecule has 0 radical (unpaired) electrons. The highest BCUT2D eigenvalue weighted by Gasteiger charge is 2.35. The van der Waals surface area contributed by atoms with Gasteiger partial charge >= 0.3 is 0 Å². The number of aryl methyl sites for hydroxylation is 1. The number of nitrogens with one attached hydrogen (secondary N) is 1. The predicted molar refractivity (Wildman–Crippen MR) is 79.1 cm³/mol. The summed E-state index contributed by atoms with van der Waals surface area (Å²) < 4.78 is 0. The molecule has 3 nitrogen and oxygen atoms in total. The van der Waals surface area contributed by atoms with E-state index in [2.05, 4.69) is 24.4 Å². The number of carbonyl (C=O) groups is 1. The zero-order valence-corrected chi connectivity index (χ0v) is 11.7. The van der Waals surface area contributed by atoms with Crippen LogP contribution in [0.3, 0.4) is 0 Å². The molecule has 3 heteroatoms. The highest BCUT2D eigenvalue weighted by molar-refractivity contribution is 5.98. The molecule has 2 rings (SSSR count). The molecule has 1 aromatic rings. The number of benzene rings is 1. The van der Waals surface area contributed by atoms with Crippen LogP contribution in [0, 0.1) is 0 Å². The maximum absolute atomic E-state index is 12.3. The van der Waals surface area contributed by atoms with Gasteiger partial charge in [0.25, 0.3) is 0 Å². The molecule has 1 fully saturated rings. The Morgan fingerprint density at radius 1 is 1.21 bits per heavy atom. The Morgan fingerprint density at radius 2 is 1.84 bits per heavy atom. The van der Waals surface area contributed by atoms with Crippen LogP contribution in [0.15, 0.2) is 24.3 Å². The summed E-state index contributed by atoms with van der Waals surface area (Å²) >= 11 is 0. The number of amides is 1. The van der Waals surface area contributed by atoms with Crippen LogP contribution < -0.4 is 11.1 Å². The third-order valence-electron chi connectivity index (χ3n) is 3.95. The first kappa shape index (κ1) is 14.1. The van der Waals surface area contributed by atoms with E-state index in [0.29, 0.717) is 0 Å². The third-order valence-corrected chi connectivity index (χ3v) is 3.95. The summed E-state index contributed by atoms with van der Waals surface area (Å²) in [5.41, 5.74) is 7.70. The van der Waals surface area contributed by atoms with Gasteiger partial charge < -0.3 is 11.1 Å².